The smallest absolute Gasteiger partial charge is 0.194 e. The number of nitrogens with one attached hydrogen (secondary N) is 1. The minimum atomic E-state index is -0.813. The van der Waals surface area contributed by atoms with Gasteiger partial charge in [0.1, 0.15) is 0 Å². The molecule has 146 valence electrons. The van der Waals surface area contributed by atoms with Crippen LogP contribution in [0.5, 0.6) is 0 Å². The van der Waals surface area contributed by atoms with Crippen molar-refractivity contribution in [3.8, 4) is 0 Å². The van der Waals surface area contributed by atoms with Crippen molar-refractivity contribution in [3.05, 3.63) is 29.8 Å². The van der Waals surface area contributed by atoms with Gasteiger partial charge in [0.2, 0.25) is 0 Å². The molecule has 1 unspecified atom stereocenters. The van der Waals surface area contributed by atoms with E-state index < -0.39 is 11.6 Å². The van der Waals surface area contributed by atoms with Crippen LogP contribution in [-0.2, 0) is 0 Å². The zero-order valence-corrected chi connectivity index (χ0v) is 17.3. The van der Waals surface area contributed by atoms with Crippen LogP contribution in [0.3, 0.4) is 0 Å². The van der Waals surface area contributed by atoms with Gasteiger partial charge in [-0.25, -0.2) is 8.78 Å². The van der Waals surface area contributed by atoms with Gasteiger partial charge in [0.25, 0.3) is 0 Å². The van der Waals surface area contributed by atoms with E-state index in [4.69, 9.17) is 4.99 Å². The first kappa shape index (κ1) is 21.1. The summed E-state index contributed by atoms with van der Waals surface area (Å²) in [4.78, 5) is 8.90. The molecule has 2 aliphatic rings. The molecule has 0 spiro atoms. The highest BCUT2D eigenvalue weighted by Gasteiger charge is 2.25. The molecule has 0 aromatic heterocycles. The molecule has 0 saturated carbocycles. The predicted molar refractivity (Wildman–Crippen MR) is 110 cm³/mol. The number of anilines is 1. The summed E-state index contributed by atoms with van der Waals surface area (Å²) in [6, 6.07) is 4.06. The fourth-order valence-corrected chi connectivity index (χ4v) is 3.47. The van der Waals surface area contributed by atoms with E-state index >= 15 is 0 Å². The molecule has 5 nitrogen and oxygen atoms in total. The molecule has 2 aliphatic heterocycles. The summed E-state index contributed by atoms with van der Waals surface area (Å²) in [6.07, 6.45) is 1.47. The van der Waals surface area contributed by atoms with Crippen LogP contribution in [0.15, 0.2) is 23.2 Å². The highest BCUT2D eigenvalue weighted by Crippen LogP contribution is 2.25. The Morgan fingerprint density at radius 1 is 1.23 bits per heavy atom. The average Bonchev–Trinajstić information content (AvgIpc) is 3.23. The lowest BCUT2D eigenvalue weighted by atomic mass is 10.1. The van der Waals surface area contributed by atoms with Crippen molar-refractivity contribution in [2.75, 3.05) is 44.2 Å². The summed E-state index contributed by atoms with van der Waals surface area (Å²) in [5, 5.41) is 13.0. The maximum absolute atomic E-state index is 13.4. The first-order chi connectivity index (χ1) is 12.1. The number of nitrogens with zero attached hydrogens (tertiary/aromatic N) is 3. The molecule has 2 N–H and O–H groups in total. The molecule has 2 saturated heterocycles. The Kier molecular flexibility index (Phi) is 7.87. The van der Waals surface area contributed by atoms with Crippen LogP contribution in [0.2, 0.25) is 0 Å². The third kappa shape index (κ3) is 5.18. The summed E-state index contributed by atoms with van der Waals surface area (Å²) >= 11 is 0. The van der Waals surface area contributed by atoms with E-state index in [0.29, 0.717) is 19.0 Å². The van der Waals surface area contributed by atoms with Crippen LogP contribution < -0.4 is 10.2 Å². The van der Waals surface area contributed by atoms with Gasteiger partial charge in [-0.2, -0.15) is 0 Å². The number of aliphatic imine (C=N–C) groups is 1. The van der Waals surface area contributed by atoms with Gasteiger partial charge in [-0.1, -0.05) is 0 Å². The molecule has 1 aromatic rings. The first-order valence-electron chi connectivity index (χ1n) is 8.98. The maximum atomic E-state index is 13.4. The molecule has 26 heavy (non-hydrogen) atoms. The molecule has 0 aliphatic carbocycles. The third-order valence-corrected chi connectivity index (χ3v) is 4.85. The van der Waals surface area contributed by atoms with Crippen molar-refractivity contribution < 1.29 is 13.9 Å². The topological polar surface area (TPSA) is 51.1 Å². The molecule has 8 heteroatoms. The number of rotatable bonds is 4. The number of hydrogen-bond acceptors (Lipinski definition) is 3. The Labute approximate surface area is 170 Å². The van der Waals surface area contributed by atoms with E-state index in [0.717, 1.165) is 50.7 Å². The van der Waals surface area contributed by atoms with Gasteiger partial charge < -0.3 is 20.2 Å². The van der Waals surface area contributed by atoms with E-state index in [2.05, 4.69) is 15.1 Å². The zero-order chi connectivity index (χ0) is 17.8. The number of aliphatic hydroxyl groups excluding tert-OH is 1. The lowest BCUT2D eigenvalue weighted by molar-refractivity contribution is 0.187. The SMILES string of the molecule is CCNC(=NCC1CCN(c2ccc(F)c(F)c2)C1)N1CC[C@@H](O)C1.I. The fourth-order valence-electron chi connectivity index (χ4n) is 3.47. The van der Waals surface area contributed by atoms with Gasteiger partial charge in [0.05, 0.1) is 6.10 Å². The fraction of sp³-hybridized carbons (Fsp3) is 0.611. The Bertz CT molecular complexity index is 631. The second kappa shape index (κ2) is 9.68. The van der Waals surface area contributed by atoms with E-state index in [1.165, 1.54) is 12.1 Å². The molecule has 0 amide bonds. The summed E-state index contributed by atoms with van der Waals surface area (Å²) in [7, 11) is 0. The minimum Gasteiger partial charge on any atom is -0.391 e. The molecule has 2 fully saturated rings. The van der Waals surface area contributed by atoms with Crippen molar-refractivity contribution in [2.45, 2.75) is 25.9 Å². The largest absolute Gasteiger partial charge is 0.391 e. The zero-order valence-electron chi connectivity index (χ0n) is 15.0. The van der Waals surface area contributed by atoms with Gasteiger partial charge >= 0.3 is 0 Å². The molecule has 1 aromatic carbocycles. The Hall–Kier alpha value is -1.16. The number of hydrogen-bond donors (Lipinski definition) is 2. The van der Waals surface area contributed by atoms with Crippen molar-refractivity contribution >= 4 is 35.6 Å². The number of guanidine groups is 1. The Morgan fingerprint density at radius 3 is 2.69 bits per heavy atom. The molecule has 0 radical (unpaired) electrons. The second-order valence-corrected chi connectivity index (χ2v) is 6.78. The molecule has 0 bridgehead atoms. The second-order valence-electron chi connectivity index (χ2n) is 6.78. The van der Waals surface area contributed by atoms with Crippen LogP contribution in [0.25, 0.3) is 0 Å². The predicted octanol–water partition coefficient (Wildman–Crippen LogP) is 2.44. The van der Waals surface area contributed by atoms with E-state index in [1.54, 1.807) is 6.07 Å². The normalized spacial score (nSPS) is 23.3. The van der Waals surface area contributed by atoms with E-state index in [9.17, 15) is 13.9 Å². The lowest BCUT2D eigenvalue weighted by Gasteiger charge is -2.22. The van der Waals surface area contributed by atoms with Crippen molar-refractivity contribution in [1.29, 1.82) is 0 Å². The summed E-state index contributed by atoms with van der Waals surface area (Å²) in [6.45, 7) is 6.56. The molecule has 2 heterocycles. The third-order valence-electron chi connectivity index (χ3n) is 4.85. The summed E-state index contributed by atoms with van der Waals surface area (Å²) in [5.41, 5.74) is 0.722. The number of halogens is 3. The first-order valence-corrected chi connectivity index (χ1v) is 8.98. The summed E-state index contributed by atoms with van der Waals surface area (Å²) in [5.74, 6) is -0.382. The van der Waals surface area contributed by atoms with E-state index in [-0.39, 0.29) is 30.1 Å². The van der Waals surface area contributed by atoms with Gasteiger partial charge in [-0.3, -0.25) is 4.99 Å². The average molecular weight is 480 g/mol. The maximum Gasteiger partial charge on any atom is 0.194 e. The molecule has 2 atom stereocenters. The molecular weight excluding hydrogens is 453 g/mol. The quantitative estimate of drug-likeness (QED) is 0.395. The highest BCUT2D eigenvalue weighted by molar-refractivity contribution is 14.0. The monoisotopic (exact) mass is 480 g/mol. The van der Waals surface area contributed by atoms with Crippen LogP contribution >= 0.6 is 24.0 Å². The van der Waals surface area contributed by atoms with Crippen molar-refractivity contribution in [3.63, 3.8) is 0 Å². The Morgan fingerprint density at radius 2 is 2.04 bits per heavy atom. The van der Waals surface area contributed by atoms with E-state index in [1.807, 2.05) is 6.92 Å². The van der Waals surface area contributed by atoms with Crippen molar-refractivity contribution in [1.82, 2.24) is 10.2 Å². The number of likely N-dealkylation sites (tertiary alicyclic amines) is 1. The number of aliphatic hydroxyl groups is 1. The van der Waals surface area contributed by atoms with Crippen LogP contribution in [0.4, 0.5) is 14.5 Å². The highest BCUT2D eigenvalue weighted by atomic mass is 127. The molecular formula is C18H27F2IN4O. The lowest BCUT2D eigenvalue weighted by Crippen LogP contribution is -2.40. The van der Waals surface area contributed by atoms with Gasteiger partial charge in [-0.15, -0.1) is 24.0 Å². The van der Waals surface area contributed by atoms with Gasteiger partial charge in [0, 0.05) is 51.0 Å². The van der Waals surface area contributed by atoms with Gasteiger partial charge in [-0.05, 0) is 37.8 Å². The summed E-state index contributed by atoms with van der Waals surface area (Å²) < 4.78 is 26.5. The van der Waals surface area contributed by atoms with Crippen LogP contribution in [0, 0.1) is 17.6 Å². The van der Waals surface area contributed by atoms with Crippen molar-refractivity contribution in [2.24, 2.45) is 10.9 Å². The molecule has 3 rings (SSSR count). The van der Waals surface area contributed by atoms with Gasteiger partial charge in [0.15, 0.2) is 17.6 Å². The Balaban J connectivity index is 0.00000243. The number of β-amino-alcohol motifs (C(OH)–C–C–N with tert-alkyl or cyclic N) is 1. The van der Waals surface area contributed by atoms with Crippen LogP contribution in [0.1, 0.15) is 19.8 Å². The standard InChI is InChI=1S/C18H26F2N4O.HI/c1-2-21-18(24-8-6-15(25)12-24)22-10-13-5-7-23(11-13)14-3-4-16(19)17(20)9-14;/h3-4,9,13,15,25H,2,5-8,10-12H2,1H3,(H,21,22);1H/t13?,15-;/m1./s1. The number of benzene rings is 1. The minimum absolute atomic E-state index is 0. The van der Waals surface area contributed by atoms with Crippen LogP contribution in [-0.4, -0.2) is 61.3 Å².